The molecule has 0 aromatic heterocycles. The van der Waals surface area contributed by atoms with E-state index in [9.17, 15) is 9.59 Å². The molecular weight excluding hydrogens is 286 g/mol. The van der Waals surface area contributed by atoms with Crippen LogP contribution in [0.2, 0.25) is 0 Å². The molecule has 1 aromatic carbocycles. The van der Waals surface area contributed by atoms with E-state index >= 15 is 0 Å². The lowest BCUT2D eigenvalue weighted by Gasteiger charge is -2.17. The van der Waals surface area contributed by atoms with E-state index in [1.54, 1.807) is 0 Å². The average Bonchev–Trinajstić information content (AvgIpc) is 2.27. The summed E-state index contributed by atoms with van der Waals surface area (Å²) in [7, 11) is 1.33. The van der Waals surface area contributed by atoms with Crippen molar-refractivity contribution < 1.29 is 14.3 Å². The van der Waals surface area contributed by atoms with E-state index in [0.29, 0.717) is 0 Å². The van der Waals surface area contributed by atoms with Crippen LogP contribution < -0.4 is 5.32 Å². The van der Waals surface area contributed by atoms with Crippen LogP contribution in [0, 0.1) is 0 Å². The summed E-state index contributed by atoms with van der Waals surface area (Å²) >= 11 is 3.35. The molecule has 0 saturated heterocycles. The molecule has 5 heteroatoms. The van der Waals surface area contributed by atoms with E-state index in [0.717, 1.165) is 10.0 Å². The molecule has 0 fully saturated rings. The SMILES string of the molecule is COC(=O)C[C@@H](NC(C)=O)c1cccc(Br)c1. The predicted molar refractivity (Wildman–Crippen MR) is 67.3 cm³/mol. The molecule has 0 aliphatic heterocycles. The zero-order valence-corrected chi connectivity index (χ0v) is 11.3. The van der Waals surface area contributed by atoms with Crippen molar-refractivity contribution in [3.63, 3.8) is 0 Å². The monoisotopic (exact) mass is 299 g/mol. The van der Waals surface area contributed by atoms with Crippen molar-refractivity contribution in [3.8, 4) is 0 Å². The number of carbonyl (C=O) groups is 2. The Hall–Kier alpha value is -1.36. The molecule has 92 valence electrons. The van der Waals surface area contributed by atoms with E-state index < -0.39 is 0 Å². The molecule has 0 radical (unpaired) electrons. The molecule has 17 heavy (non-hydrogen) atoms. The Morgan fingerprint density at radius 3 is 2.71 bits per heavy atom. The van der Waals surface area contributed by atoms with Gasteiger partial charge in [-0.15, -0.1) is 0 Å². The number of amides is 1. The average molecular weight is 300 g/mol. The maximum absolute atomic E-state index is 11.3. The zero-order valence-electron chi connectivity index (χ0n) is 9.70. The van der Waals surface area contributed by atoms with Crippen LogP contribution >= 0.6 is 15.9 Å². The van der Waals surface area contributed by atoms with Crippen LogP contribution in [0.4, 0.5) is 0 Å². The number of esters is 1. The standard InChI is InChI=1S/C12H14BrNO3/c1-8(15)14-11(7-12(16)17-2)9-4-3-5-10(13)6-9/h3-6,11H,7H2,1-2H3,(H,14,15)/t11-/m1/s1. The minimum absolute atomic E-state index is 0.118. The van der Waals surface area contributed by atoms with Crippen LogP contribution in [0.1, 0.15) is 24.9 Å². The summed E-state index contributed by atoms with van der Waals surface area (Å²) in [5.41, 5.74) is 0.861. The van der Waals surface area contributed by atoms with Crippen molar-refractivity contribution in [1.29, 1.82) is 0 Å². The summed E-state index contributed by atoms with van der Waals surface area (Å²) in [5, 5.41) is 2.73. The number of methoxy groups -OCH3 is 1. The number of benzene rings is 1. The lowest BCUT2D eigenvalue weighted by molar-refractivity contribution is -0.141. The second-order valence-electron chi connectivity index (χ2n) is 3.59. The molecular formula is C12H14BrNO3. The lowest BCUT2D eigenvalue weighted by Crippen LogP contribution is -2.28. The van der Waals surface area contributed by atoms with Gasteiger partial charge in [-0.1, -0.05) is 28.1 Å². The fourth-order valence-corrected chi connectivity index (χ4v) is 1.89. The first kappa shape index (κ1) is 13.7. The molecule has 4 nitrogen and oxygen atoms in total. The van der Waals surface area contributed by atoms with Gasteiger partial charge in [-0.3, -0.25) is 9.59 Å². The number of hydrogen-bond acceptors (Lipinski definition) is 3. The molecule has 0 heterocycles. The minimum Gasteiger partial charge on any atom is -0.469 e. The summed E-state index contributed by atoms with van der Waals surface area (Å²) in [4.78, 5) is 22.4. The van der Waals surface area contributed by atoms with Gasteiger partial charge >= 0.3 is 5.97 Å². The third-order valence-corrected chi connectivity index (χ3v) is 2.72. The number of carbonyl (C=O) groups excluding carboxylic acids is 2. The molecule has 0 aliphatic carbocycles. The third kappa shape index (κ3) is 4.56. The van der Waals surface area contributed by atoms with E-state index in [1.807, 2.05) is 24.3 Å². The van der Waals surface area contributed by atoms with Crippen molar-refractivity contribution in [2.24, 2.45) is 0 Å². The highest BCUT2D eigenvalue weighted by Gasteiger charge is 2.17. The largest absolute Gasteiger partial charge is 0.469 e. The molecule has 1 amide bonds. The van der Waals surface area contributed by atoms with Crippen molar-refractivity contribution in [2.45, 2.75) is 19.4 Å². The van der Waals surface area contributed by atoms with Crippen LogP contribution in [0.3, 0.4) is 0 Å². The second-order valence-corrected chi connectivity index (χ2v) is 4.50. The van der Waals surface area contributed by atoms with Crippen LogP contribution in [0.25, 0.3) is 0 Å². The molecule has 0 unspecified atom stereocenters. The first-order valence-electron chi connectivity index (χ1n) is 5.12. The Balaban J connectivity index is 2.89. The molecule has 0 saturated carbocycles. The van der Waals surface area contributed by atoms with Gasteiger partial charge in [0.15, 0.2) is 0 Å². The van der Waals surface area contributed by atoms with Gasteiger partial charge in [0.1, 0.15) is 0 Å². The van der Waals surface area contributed by atoms with E-state index in [-0.39, 0.29) is 24.3 Å². The van der Waals surface area contributed by atoms with E-state index in [1.165, 1.54) is 14.0 Å². The van der Waals surface area contributed by atoms with Crippen molar-refractivity contribution >= 4 is 27.8 Å². The molecule has 0 aliphatic rings. The maximum atomic E-state index is 11.3. The van der Waals surface area contributed by atoms with E-state index in [4.69, 9.17) is 0 Å². The van der Waals surface area contributed by atoms with Crippen molar-refractivity contribution in [1.82, 2.24) is 5.32 Å². The normalized spacial score (nSPS) is 11.7. The van der Waals surface area contributed by atoms with Crippen LogP contribution in [0.15, 0.2) is 28.7 Å². The molecule has 1 N–H and O–H groups in total. The first-order chi connectivity index (χ1) is 8.02. The zero-order chi connectivity index (χ0) is 12.8. The number of nitrogens with one attached hydrogen (secondary N) is 1. The Labute approximate surface area is 108 Å². The fraction of sp³-hybridized carbons (Fsp3) is 0.333. The number of rotatable bonds is 4. The van der Waals surface area contributed by atoms with Gasteiger partial charge in [0.2, 0.25) is 5.91 Å². The first-order valence-corrected chi connectivity index (χ1v) is 5.91. The van der Waals surface area contributed by atoms with E-state index in [2.05, 4.69) is 26.0 Å². The van der Waals surface area contributed by atoms with Gasteiger partial charge in [0.25, 0.3) is 0 Å². The van der Waals surface area contributed by atoms with Crippen LogP contribution in [-0.2, 0) is 14.3 Å². The topological polar surface area (TPSA) is 55.4 Å². The fourth-order valence-electron chi connectivity index (χ4n) is 1.47. The van der Waals surface area contributed by atoms with Crippen LogP contribution in [-0.4, -0.2) is 19.0 Å². The van der Waals surface area contributed by atoms with Gasteiger partial charge in [-0.2, -0.15) is 0 Å². The summed E-state index contributed by atoms with van der Waals surface area (Å²) in [6.07, 6.45) is 0.118. The molecule has 1 atom stereocenters. The van der Waals surface area contributed by atoms with Gasteiger partial charge in [0.05, 0.1) is 19.6 Å². The summed E-state index contributed by atoms with van der Waals surface area (Å²) in [5.74, 6) is -0.539. The van der Waals surface area contributed by atoms with Gasteiger partial charge in [0, 0.05) is 11.4 Å². The lowest BCUT2D eigenvalue weighted by atomic mass is 10.0. The number of halogens is 1. The maximum Gasteiger partial charge on any atom is 0.307 e. The number of hydrogen-bond donors (Lipinski definition) is 1. The molecule has 1 rings (SSSR count). The summed E-state index contributed by atoms with van der Waals surface area (Å²) < 4.78 is 5.51. The molecule has 1 aromatic rings. The Morgan fingerprint density at radius 1 is 1.47 bits per heavy atom. The quantitative estimate of drug-likeness (QED) is 0.867. The highest BCUT2D eigenvalue weighted by molar-refractivity contribution is 9.10. The van der Waals surface area contributed by atoms with Crippen molar-refractivity contribution in [3.05, 3.63) is 34.3 Å². The van der Waals surface area contributed by atoms with Gasteiger partial charge < -0.3 is 10.1 Å². The highest BCUT2D eigenvalue weighted by atomic mass is 79.9. The molecule has 0 spiro atoms. The minimum atomic E-state index is -0.363. The van der Waals surface area contributed by atoms with Crippen LogP contribution in [0.5, 0.6) is 0 Å². The van der Waals surface area contributed by atoms with Gasteiger partial charge in [-0.05, 0) is 17.7 Å². The Bertz CT molecular complexity index is 420. The Morgan fingerprint density at radius 2 is 2.18 bits per heavy atom. The molecule has 0 bridgehead atoms. The highest BCUT2D eigenvalue weighted by Crippen LogP contribution is 2.21. The number of ether oxygens (including phenoxy) is 1. The Kier molecular flexibility index (Phi) is 5.15. The summed E-state index contributed by atoms with van der Waals surface area (Å²) in [6.45, 7) is 1.42. The van der Waals surface area contributed by atoms with Gasteiger partial charge in [-0.25, -0.2) is 0 Å². The predicted octanol–water partition coefficient (Wildman–Crippen LogP) is 2.19. The summed E-state index contributed by atoms with van der Waals surface area (Å²) in [6, 6.07) is 7.09. The van der Waals surface area contributed by atoms with Crippen molar-refractivity contribution in [2.75, 3.05) is 7.11 Å². The smallest absolute Gasteiger partial charge is 0.307 e. The second kappa shape index (κ2) is 6.39. The third-order valence-electron chi connectivity index (χ3n) is 2.23.